The summed E-state index contributed by atoms with van der Waals surface area (Å²) in [5, 5.41) is 14.7. The standard InChI is InChI=1S/C8H5N5O2S/c1-4-10-8-12(11-4)7-6(16-8)2-5(3-9-7)13(14)15/h2-3H,1H3. The number of pyridine rings is 1. The molecule has 0 aliphatic rings. The highest BCUT2D eigenvalue weighted by Crippen LogP contribution is 2.26. The molecule has 80 valence electrons. The summed E-state index contributed by atoms with van der Waals surface area (Å²) in [5.74, 6) is 0.660. The van der Waals surface area contributed by atoms with Gasteiger partial charge in [0.1, 0.15) is 12.0 Å². The zero-order valence-electron chi connectivity index (χ0n) is 8.12. The van der Waals surface area contributed by atoms with Crippen molar-refractivity contribution in [1.29, 1.82) is 0 Å². The SMILES string of the molecule is Cc1nc2sc3cc([N+](=O)[O-])cnc3n2n1. The van der Waals surface area contributed by atoms with E-state index >= 15 is 0 Å². The second-order valence-corrected chi connectivity index (χ2v) is 4.24. The number of hydrogen-bond donors (Lipinski definition) is 0. The van der Waals surface area contributed by atoms with Crippen LogP contribution >= 0.6 is 11.3 Å². The van der Waals surface area contributed by atoms with Crippen molar-refractivity contribution in [2.24, 2.45) is 0 Å². The second kappa shape index (κ2) is 2.95. The van der Waals surface area contributed by atoms with E-state index in [0.29, 0.717) is 21.1 Å². The monoisotopic (exact) mass is 235 g/mol. The maximum absolute atomic E-state index is 10.6. The lowest BCUT2D eigenvalue weighted by Crippen LogP contribution is -1.91. The van der Waals surface area contributed by atoms with Gasteiger partial charge in [-0.15, -0.1) is 5.10 Å². The number of aromatic nitrogens is 4. The Balaban J connectivity index is 2.37. The number of aryl methyl sites for hydroxylation is 1. The Morgan fingerprint density at radius 3 is 3.12 bits per heavy atom. The van der Waals surface area contributed by atoms with Gasteiger partial charge in [0.25, 0.3) is 5.69 Å². The minimum absolute atomic E-state index is 0.0197. The van der Waals surface area contributed by atoms with Crippen LogP contribution in [0.15, 0.2) is 12.3 Å². The van der Waals surface area contributed by atoms with E-state index in [-0.39, 0.29) is 5.69 Å². The molecule has 3 rings (SSSR count). The normalized spacial score (nSPS) is 11.3. The molecular weight excluding hydrogens is 230 g/mol. The topological polar surface area (TPSA) is 86.2 Å². The van der Waals surface area contributed by atoms with Crippen LogP contribution in [0, 0.1) is 17.0 Å². The Bertz CT molecular complexity index is 716. The van der Waals surface area contributed by atoms with Gasteiger partial charge in [-0.1, -0.05) is 11.3 Å². The van der Waals surface area contributed by atoms with Crippen molar-refractivity contribution in [2.75, 3.05) is 0 Å². The first-order valence-corrected chi connectivity index (χ1v) is 5.23. The molecule has 0 aromatic carbocycles. The van der Waals surface area contributed by atoms with E-state index in [9.17, 15) is 10.1 Å². The van der Waals surface area contributed by atoms with E-state index in [1.165, 1.54) is 23.6 Å². The fourth-order valence-corrected chi connectivity index (χ4v) is 2.46. The number of thiazole rings is 1. The van der Waals surface area contributed by atoms with Crippen molar-refractivity contribution in [3.63, 3.8) is 0 Å². The molecule has 0 aliphatic heterocycles. The van der Waals surface area contributed by atoms with E-state index in [1.54, 1.807) is 11.4 Å². The Hall–Kier alpha value is -2.09. The highest BCUT2D eigenvalue weighted by Gasteiger charge is 2.13. The van der Waals surface area contributed by atoms with Crippen molar-refractivity contribution in [3.05, 3.63) is 28.2 Å². The van der Waals surface area contributed by atoms with Gasteiger partial charge in [-0.3, -0.25) is 10.1 Å². The van der Waals surface area contributed by atoms with Gasteiger partial charge >= 0.3 is 0 Å². The van der Waals surface area contributed by atoms with Gasteiger partial charge in [0, 0.05) is 6.07 Å². The van der Waals surface area contributed by atoms with Crippen LogP contribution in [-0.2, 0) is 0 Å². The smallest absolute Gasteiger partial charge is 0.258 e. The van der Waals surface area contributed by atoms with Crippen molar-refractivity contribution < 1.29 is 4.92 Å². The molecule has 0 unspecified atom stereocenters. The summed E-state index contributed by atoms with van der Waals surface area (Å²) in [5.41, 5.74) is 0.583. The number of hydrogen-bond acceptors (Lipinski definition) is 6. The van der Waals surface area contributed by atoms with Gasteiger partial charge in [0.2, 0.25) is 4.96 Å². The van der Waals surface area contributed by atoms with Gasteiger partial charge in [-0.25, -0.2) is 9.97 Å². The van der Waals surface area contributed by atoms with Crippen LogP contribution in [0.3, 0.4) is 0 Å². The molecule has 0 saturated carbocycles. The fourth-order valence-electron chi connectivity index (χ4n) is 1.46. The fraction of sp³-hybridized carbons (Fsp3) is 0.125. The van der Waals surface area contributed by atoms with Gasteiger partial charge in [0.15, 0.2) is 5.65 Å². The molecular formula is C8H5N5O2S. The molecule has 3 heterocycles. The lowest BCUT2D eigenvalue weighted by Gasteiger charge is -1.90. The average molecular weight is 235 g/mol. The van der Waals surface area contributed by atoms with Crippen LogP contribution in [0.2, 0.25) is 0 Å². The Morgan fingerprint density at radius 1 is 1.56 bits per heavy atom. The first kappa shape index (κ1) is 9.16. The molecule has 16 heavy (non-hydrogen) atoms. The third-order valence-corrected chi connectivity index (χ3v) is 3.08. The van der Waals surface area contributed by atoms with Crippen LogP contribution in [0.25, 0.3) is 15.3 Å². The quantitative estimate of drug-likeness (QED) is 0.472. The first-order valence-electron chi connectivity index (χ1n) is 4.41. The van der Waals surface area contributed by atoms with Gasteiger partial charge in [-0.2, -0.15) is 4.52 Å². The zero-order chi connectivity index (χ0) is 11.3. The van der Waals surface area contributed by atoms with Gasteiger partial charge in [0.05, 0.1) is 9.62 Å². The summed E-state index contributed by atoms with van der Waals surface area (Å²) < 4.78 is 2.31. The van der Waals surface area contributed by atoms with Crippen LogP contribution in [0.4, 0.5) is 5.69 Å². The number of rotatable bonds is 1. The molecule has 3 aromatic rings. The molecule has 7 nitrogen and oxygen atoms in total. The van der Waals surface area contributed by atoms with E-state index in [4.69, 9.17) is 0 Å². The van der Waals surface area contributed by atoms with Crippen LogP contribution < -0.4 is 0 Å². The van der Waals surface area contributed by atoms with Crippen molar-refractivity contribution in [2.45, 2.75) is 6.92 Å². The number of fused-ring (bicyclic) bond motifs is 3. The molecule has 0 atom stereocenters. The van der Waals surface area contributed by atoms with Crippen LogP contribution in [0.1, 0.15) is 5.82 Å². The number of nitrogens with zero attached hydrogens (tertiary/aromatic N) is 5. The highest BCUT2D eigenvalue weighted by molar-refractivity contribution is 7.23. The van der Waals surface area contributed by atoms with Crippen molar-refractivity contribution in [3.8, 4) is 0 Å². The average Bonchev–Trinajstić information content (AvgIpc) is 2.72. The summed E-state index contributed by atoms with van der Waals surface area (Å²) in [6, 6.07) is 1.48. The zero-order valence-corrected chi connectivity index (χ0v) is 8.93. The van der Waals surface area contributed by atoms with Gasteiger partial charge in [-0.05, 0) is 6.92 Å². The van der Waals surface area contributed by atoms with E-state index in [2.05, 4.69) is 15.1 Å². The summed E-state index contributed by atoms with van der Waals surface area (Å²) in [4.78, 5) is 19.0. The lowest BCUT2D eigenvalue weighted by molar-refractivity contribution is -0.385. The van der Waals surface area contributed by atoms with E-state index < -0.39 is 4.92 Å². The Morgan fingerprint density at radius 2 is 2.38 bits per heavy atom. The molecule has 0 radical (unpaired) electrons. The van der Waals surface area contributed by atoms with Crippen molar-refractivity contribution >= 4 is 32.3 Å². The predicted molar refractivity (Wildman–Crippen MR) is 57.6 cm³/mol. The first-order chi connectivity index (χ1) is 7.65. The number of nitro groups is 1. The third-order valence-electron chi connectivity index (χ3n) is 2.11. The van der Waals surface area contributed by atoms with E-state index in [1.807, 2.05) is 0 Å². The largest absolute Gasteiger partial charge is 0.289 e. The van der Waals surface area contributed by atoms with Crippen molar-refractivity contribution in [1.82, 2.24) is 19.6 Å². The molecule has 0 N–H and O–H groups in total. The second-order valence-electron chi connectivity index (χ2n) is 3.23. The molecule has 0 saturated heterocycles. The molecule has 0 spiro atoms. The van der Waals surface area contributed by atoms with E-state index in [0.717, 1.165) is 0 Å². The molecule has 0 amide bonds. The van der Waals surface area contributed by atoms with Crippen LogP contribution in [-0.4, -0.2) is 24.5 Å². The molecule has 3 aromatic heterocycles. The minimum Gasteiger partial charge on any atom is -0.258 e. The van der Waals surface area contributed by atoms with Gasteiger partial charge < -0.3 is 0 Å². The summed E-state index contributed by atoms with van der Waals surface area (Å²) in [6.07, 6.45) is 1.23. The minimum atomic E-state index is -0.465. The Kier molecular flexibility index (Phi) is 1.69. The summed E-state index contributed by atoms with van der Waals surface area (Å²) >= 11 is 1.34. The molecule has 0 fully saturated rings. The lowest BCUT2D eigenvalue weighted by atomic mass is 10.4. The highest BCUT2D eigenvalue weighted by atomic mass is 32.1. The molecule has 8 heteroatoms. The predicted octanol–water partition coefficient (Wildman–Crippen LogP) is 1.56. The maximum Gasteiger partial charge on any atom is 0.289 e. The summed E-state index contributed by atoms with van der Waals surface area (Å²) in [6.45, 7) is 1.79. The molecule has 0 aliphatic carbocycles. The third kappa shape index (κ3) is 1.16. The Labute approximate surface area is 92.5 Å². The maximum atomic E-state index is 10.6. The van der Waals surface area contributed by atoms with Crippen LogP contribution in [0.5, 0.6) is 0 Å². The summed E-state index contributed by atoms with van der Waals surface area (Å²) in [7, 11) is 0. The molecule has 0 bridgehead atoms.